The molecule has 4 aromatic heterocycles. The minimum absolute atomic E-state index is 0.722. The van der Waals surface area contributed by atoms with Gasteiger partial charge in [0, 0.05) is 49.0 Å². The minimum Gasteiger partial charge on any atom is -0.307 e. The van der Waals surface area contributed by atoms with Crippen molar-refractivity contribution in [2.45, 2.75) is 41.5 Å². The number of aromatic nitrogens is 5. The summed E-state index contributed by atoms with van der Waals surface area (Å²) in [7, 11) is 0. The summed E-state index contributed by atoms with van der Waals surface area (Å²) in [5, 5.41) is 7.21. The molecular weight excluding hydrogens is 839 g/mol. The van der Waals surface area contributed by atoms with Crippen molar-refractivity contribution in [3.05, 3.63) is 221 Å². The second kappa shape index (κ2) is 15.5. The summed E-state index contributed by atoms with van der Waals surface area (Å²) in [4.78, 5) is 11.2. The Hall–Kier alpha value is -8.54. The summed E-state index contributed by atoms with van der Waals surface area (Å²) in [6.07, 6.45) is 0. The van der Waals surface area contributed by atoms with Crippen LogP contribution in [0.25, 0.3) is 116 Å². The van der Waals surface area contributed by atoms with Gasteiger partial charge in [-0.05, 0) is 118 Å². The maximum Gasteiger partial charge on any atom is 0.160 e. The van der Waals surface area contributed by atoms with Gasteiger partial charge in [-0.2, -0.15) is 0 Å². The van der Waals surface area contributed by atoms with Gasteiger partial charge in [0.15, 0.2) is 5.82 Å². The highest BCUT2D eigenvalue weighted by atomic mass is 15.1. The molecule has 4 heterocycles. The SMILES string of the molecule is Cc1cc(C)c(-c2cc(-c3cc(-n4c5ccccc5c5ccccc54)c(-n4c5ccccc5c5ccccc54)c(-n4c5ccccc5c5ccccc54)c3)nc(-c3c(C)cc(C)cc3C)n2)c(C)c1. The Labute approximate surface area is 401 Å². The first kappa shape index (κ1) is 40.7. The van der Waals surface area contributed by atoms with Crippen LogP contribution in [0.4, 0.5) is 0 Å². The van der Waals surface area contributed by atoms with Gasteiger partial charge in [0.05, 0.1) is 61.6 Å². The Bertz CT molecular complexity index is 3850. The van der Waals surface area contributed by atoms with Crippen molar-refractivity contribution >= 4 is 65.4 Å². The molecule has 0 bridgehead atoms. The molecule has 0 N–H and O–H groups in total. The minimum atomic E-state index is 0.722. The fourth-order valence-electron chi connectivity index (χ4n) is 11.8. The van der Waals surface area contributed by atoms with E-state index in [4.69, 9.17) is 9.97 Å². The fourth-order valence-corrected chi connectivity index (χ4v) is 11.8. The van der Waals surface area contributed by atoms with E-state index in [1.807, 2.05) is 0 Å². The second-order valence-corrected chi connectivity index (χ2v) is 19.0. The van der Waals surface area contributed by atoms with Crippen molar-refractivity contribution in [2.24, 2.45) is 0 Å². The zero-order valence-corrected chi connectivity index (χ0v) is 39.6. The Kier molecular flexibility index (Phi) is 9.15. The molecule has 0 aliphatic heterocycles. The van der Waals surface area contributed by atoms with E-state index < -0.39 is 0 Å². The van der Waals surface area contributed by atoms with Crippen molar-refractivity contribution in [1.29, 1.82) is 0 Å². The summed E-state index contributed by atoms with van der Waals surface area (Å²) in [5.41, 5.74) is 22.1. The lowest BCUT2D eigenvalue weighted by Gasteiger charge is -2.24. The van der Waals surface area contributed by atoms with E-state index in [2.05, 4.69) is 243 Å². The van der Waals surface area contributed by atoms with Gasteiger partial charge in [-0.15, -0.1) is 0 Å². The fraction of sp³-hybridized carbons (Fsp3) is 0.0938. The molecule has 0 radical (unpaired) electrons. The Morgan fingerprint density at radius 3 is 0.971 bits per heavy atom. The molecule has 13 aromatic rings. The Morgan fingerprint density at radius 2 is 0.609 bits per heavy atom. The summed E-state index contributed by atoms with van der Waals surface area (Å²) >= 11 is 0. The first-order valence-electron chi connectivity index (χ1n) is 23.9. The average Bonchev–Trinajstić information content (AvgIpc) is 3.99. The molecule has 0 atom stereocenters. The molecule has 0 saturated heterocycles. The summed E-state index contributed by atoms with van der Waals surface area (Å²) in [6.45, 7) is 13.1. The highest BCUT2D eigenvalue weighted by molar-refractivity contribution is 6.14. The van der Waals surface area contributed by atoms with Crippen LogP contribution < -0.4 is 0 Å². The third-order valence-electron chi connectivity index (χ3n) is 14.4. The molecule has 330 valence electrons. The first-order valence-corrected chi connectivity index (χ1v) is 23.9. The van der Waals surface area contributed by atoms with Gasteiger partial charge >= 0.3 is 0 Å². The number of para-hydroxylation sites is 6. The van der Waals surface area contributed by atoms with Gasteiger partial charge in [-0.1, -0.05) is 145 Å². The Morgan fingerprint density at radius 1 is 0.304 bits per heavy atom. The number of hydrogen-bond acceptors (Lipinski definition) is 2. The topological polar surface area (TPSA) is 40.6 Å². The van der Waals surface area contributed by atoms with E-state index in [0.717, 1.165) is 95.2 Å². The highest BCUT2D eigenvalue weighted by Gasteiger charge is 2.27. The van der Waals surface area contributed by atoms with Crippen molar-refractivity contribution in [1.82, 2.24) is 23.7 Å². The smallest absolute Gasteiger partial charge is 0.160 e. The number of fused-ring (bicyclic) bond motifs is 9. The number of nitrogens with zero attached hydrogens (tertiary/aromatic N) is 5. The highest BCUT2D eigenvalue weighted by Crippen LogP contribution is 2.45. The van der Waals surface area contributed by atoms with E-state index >= 15 is 0 Å². The third-order valence-corrected chi connectivity index (χ3v) is 14.4. The third kappa shape index (κ3) is 6.23. The molecule has 0 amide bonds. The van der Waals surface area contributed by atoms with Crippen LogP contribution in [0.1, 0.15) is 33.4 Å². The predicted octanol–water partition coefficient (Wildman–Crippen LogP) is 16.6. The zero-order chi connectivity index (χ0) is 46.7. The van der Waals surface area contributed by atoms with Crippen LogP contribution in [0.2, 0.25) is 0 Å². The predicted molar refractivity (Wildman–Crippen MR) is 290 cm³/mol. The number of aryl methyl sites for hydroxylation is 6. The molecule has 9 aromatic carbocycles. The van der Waals surface area contributed by atoms with Gasteiger partial charge in [0.25, 0.3) is 0 Å². The molecule has 5 nitrogen and oxygen atoms in total. The monoisotopic (exact) mass is 887 g/mol. The average molecular weight is 888 g/mol. The largest absolute Gasteiger partial charge is 0.307 e. The van der Waals surface area contributed by atoms with E-state index in [1.165, 1.54) is 54.6 Å². The van der Waals surface area contributed by atoms with Crippen LogP contribution >= 0.6 is 0 Å². The lowest BCUT2D eigenvalue weighted by Crippen LogP contribution is -2.10. The molecule has 0 fully saturated rings. The number of hydrogen-bond donors (Lipinski definition) is 0. The lowest BCUT2D eigenvalue weighted by molar-refractivity contribution is 1.05. The standard InChI is InChI=1S/C64H49N5/c1-38-31-40(3)61(41(4)32-38)52-37-51(65-64(66-52)62-42(5)33-39(2)34-43(62)6)44-35-59(67-53-25-13-7-19-45(53)46-20-8-14-26-54(46)67)63(69-57-29-17-11-23-49(57)50-24-12-18-30-58(50)69)60(36-44)68-55-27-15-9-21-47(55)48-22-10-16-28-56(48)68/h7-37H,1-6H3. The van der Waals surface area contributed by atoms with Crippen molar-refractivity contribution in [2.75, 3.05) is 0 Å². The summed E-state index contributed by atoms with van der Waals surface area (Å²) < 4.78 is 7.51. The molecule has 0 aliphatic carbocycles. The summed E-state index contributed by atoms with van der Waals surface area (Å²) in [5.74, 6) is 0.722. The van der Waals surface area contributed by atoms with Crippen LogP contribution in [-0.4, -0.2) is 23.7 Å². The Balaban J connectivity index is 1.26. The first-order chi connectivity index (χ1) is 33.7. The molecule has 0 unspecified atom stereocenters. The maximum absolute atomic E-state index is 5.68. The normalized spacial score (nSPS) is 11.9. The molecule has 69 heavy (non-hydrogen) atoms. The van der Waals surface area contributed by atoms with E-state index in [0.29, 0.717) is 0 Å². The van der Waals surface area contributed by atoms with Crippen molar-refractivity contribution < 1.29 is 0 Å². The summed E-state index contributed by atoms with van der Waals surface area (Å²) in [6, 6.07) is 69.2. The second-order valence-electron chi connectivity index (χ2n) is 19.0. The van der Waals surface area contributed by atoms with Crippen molar-refractivity contribution in [3.8, 4) is 51.0 Å². The van der Waals surface area contributed by atoms with Gasteiger partial charge in [0.2, 0.25) is 0 Å². The van der Waals surface area contributed by atoms with Gasteiger partial charge in [-0.25, -0.2) is 9.97 Å². The van der Waals surface area contributed by atoms with E-state index in [1.54, 1.807) is 0 Å². The maximum atomic E-state index is 5.68. The number of rotatable bonds is 6. The molecule has 0 spiro atoms. The van der Waals surface area contributed by atoms with Crippen LogP contribution in [0.3, 0.4) is 0 Å². The molecule has 0 aliphatic rings. The molecular formula is C64H49N5. The van der Waals surface area contributed by atoms with E-state index in [-0.39, 0.29) is 0 Å². The van der Waals surface area contributed by atoms with Gasteiger partial charge in [0.1, 0.15) is 0 Å². The lowest BCUT2D eigenvalue weighted by atomic mass is 9.95. The van der Waals surface area contributed by atoms with E-state index in [9.17, 15) is 0 Å². The van der Waals surface area contributed by atoms with Crippen LogP contribution in [0, 0.1) is 41.5 Å². The van der Waals surface area contributed by atoms with Crippen LogP contribution in [0.5, 0.6) is 0 Å². The number of benzene rings is 9. The molecule has 5 heteroatoms. The van der Waals surface area contributed by atoms with Gasteiger partial charge < -0.3 is 13.7 Å². The molecule has 0 saturated carbocycles. The van der Waals surface area contributed by atoms with Crippen LogP contribution in [0.15, 0.2) is 188 Å². The van der Waals surface area contributed by atoms with Gasteiger partial charge in [-0.3, -0.25) is 0 Å². The zero-order valence-electron chi connectivity index (χ0n) is 39.6. The quantitative estimate of drug-likeness (QED) is 0.167. The molecule has 13 rings (SSSR count). The van der Waals surface area contributed by atoms with Crippen LogP contribution in [-0.2, 0) is 0 Å². The van der Waals surface area contributed by atoms with Crippen molar-refractivity contribution in [3.63, 3.8) is 0 Å².